The first-order valence-electron chi connectivity index (χ1n) is 8.35. The van der Waals surface area contributed by atoms with Crippen molar-refractivity contribution in [2.24, 2.45) is 5.73 Å². The molecule has 2 heterocycles. The lowest BCUT2D eigenvalue weighted by atomic mass is 9.98. The van der Waals surface area contributed by atoms with E-state index in [1.54, 1.807) is 24.3 Å². The van der Waals surface area contributed by atoms with E-state index in [0.717, 1.165) is 22.0 Å². The molecule has 0 spiro atoms. The van der Waals surface area contributed by atoms with E-state index in [9.17, 15) is 9.59 Å². The molecule has 3 N–H and O–H groups in total. The maximum atomic E-state index is 12.6. The minimum absolute atomic E-state index is 0.0176. The zero-order valence-corrected chi connectivity index (χ0v) is 14.0. The molecule has 0 bridgehead atoms. The fourth-order valence-electron chi connectivity index (χ4n) is 3.50. The van der Waals surface area contributed by atoms with Gasteiger partial charge in [0.15, 0.2) is 0 Å². The molecule has 5 nitrogen and oxygen atoms in total. The standard InChI is InChI=1S/C20H19N3O2/c1-12(17-10-22-18-7-6-13(9-21)8-16(17)18)11-23-19(24)14-4-2-3-5-15(14)20(23)25/h2-8,10,12,22H,9,11,21H2,1H3. The first kappa shape index (κ1) is 15.6. The van der Waals surface area contributed by atoms with Gasteiger partial charge in [-0.3, -0.25) is 14.5 Å². The van der Waals surface area contributed by atoms with Crippen LogP contribution in [0.3, 0.4) is 0 Å². The average molecular weight is 333 g/mol. The van der Waals surface area contributed by atoms with Gasteiger partial charge in [0.05, 0.1) is 11.1 Å². The number of H-pyrrole nitrogens is 1. The van der Waals surface area contributed by atoms with Crippen LogP contribution in [0.5, 0.6) is 0 Å². The highest BCUT2D eigenvalue weighted by molar-refractivity contribution is 6.21. The fraction of sp³-hybridized carbons (Fsp3) is 0.200. The van der Waals surface area contributed by atoms with Crippen LogP contribution in [0.4, 0.5) is 0 Å². The van der Waals surface area contributed by atoms with Crippen LogP contribution in [0.25, 0.3) is 10.9 Å². The van der Waals surface area contributed by atoms with Crippen molar-refractivity contribution in [2.45, 2.75) is 19.4 Å². The minimum atomic E-state index is -0.213. The van der Waals surface area contributed by atoms with E-state index in [1.807, 2.05) is 25.3 Å². The first-order chi connectivity index (χ1) is 12.1. The Morgan fingerprint density at radius 3 is 2.40 bits per heavy atom. The number of benzene rings is 2. The van der Waals surface area contributed by atoms with Crippen molar-refractivity contribution in [3.63, 3.8) is 0 Å². The normalized spacial score (nSPS) is 15.0. The fourth-order valence-corrected chi connectivity index (χ4v) is 3.50. The third kappa shape index (κ3) is 2.44. The van der Waals surface area contributed by atoms with E-state index in [4.69, 9.17) is 5.73 Å². The molecule has 1 aliphatic heterocycles. The number of amides is 2. The van der Waals surface area contributed by atoms with Gasteiger partial charge in [-0.05, 0) is 35.4 Å². The molecule has 3 aromatic rings. The van der Waals surface area contributed by atoms with Crippen molar-refractivity contribution in [3.05, 3.63) is 70.9 Å². The SMILES string of the molecule is CC(CN1C(=O)c2ccccc2C1=O)c1c[nH]c2ccc(CN)cc12. The smallest absolute Gasteiger partial charge is 0.261 e. The summed E-state index contributed by atoms with van der Waals surface area (Å²) in [4.78, 5) is 29.7. The lowest BCUT2D eigenvalue weighted by Gasteiger charge is -2.19. The summed E-state index contributed by atoms with van der Waals surface area (Å²) >= 11 is 0. The van der Waals surface area contributed by atoms with Crippen LogP contribution in [-0.2, 0) is 6.54 Å². The summed E-state index contributed by atoms with van der Waals surface area (Å²) in [5.41, 5.74) is 9.90. The number of carbonyl (C=O) groups is 2. The quantitative estimate of drug-likeness (QED) is 0.720. The number of hydrogen-bond acceptors (Lipinski definition) is 3. The molecule has 2 amide bonds. The molecular formula is C20H19N3O2. The number of rotatable bonds is 4. The number of nitrogens with two attached hydrogens (primary N) is 1. The largest absolute Gasteiger partial charge is 0.361 e. The molecule has 5 heteroatoms. The van der Waals surface area contributed by atoms with E-state index >= 15 is 0 Å². The number of imide groups is 1. The average Bonchev–Trinajstić information content (AvgIpc) is 3.16. The predicted octanol–water partition coefficient (Wildman–Crippen LogP) is 3.03. The maximum Gasteiger partial charge on any atom is 0.261 e. The molecule has 0 radical (unpaired) electrons. The van der Waals surface area contributed by atoms with E-state index in [1.165, 1.54) is 4.90 Å². The Morgan fingerprint density at radius 1 is 1.08 bits per heavy atom. The third-order valence-corrected chi connectivity index (χ3v) is 4.88. The van der Waals surface area contributed by atoms with Gasteiger partial charge in [-0.1, -0.05) is 25.1 Å². The van der Waals surface area contributed by atoms with Crippen LogP contribution in [0.1, 0.15) is 44.7 Å². The highest BCUT2D eigenvalue weighted by Gasteiger charge is 2.36. The van der Waals surface area contributed by atoms with Gasteiger partial charge in [-0.25, -0.2) is 0 Å². The Labute approximate surface area is 145 Å². The van der Waals surface area contributed by atoms with E-state index in [2.05, 4.69) is 11.1 Å². The molecule has 0 aliphatic carbocycles. The molecule has 2 aromatic carbocycles. The molecule has 4 rings (SSSR count). The molecule has 1 aromatic heterocycles. The number of aromatic amines is 1. The molecule has 1 atom stereocenters. The van der Waals surface area contributed by atoms with Gasteiger partial charge in [0.1, 0.15) is 0 Å². The summed E-state index contributed by atoms with van der Waals surface area (Å²) in [5.74, 6) is -0.408. The second-order valence-corrected chi connectivity index (χ2v) is 6.50. The van der Waals surface area contributed by atoms with Gasteiger partial charge in [-0.2, -0.15) is 0 Å². The van der Waals surface area contributed by atoms with Gasteiger partial charge in [0, 0.05) is 36.1 Å². The summed E-state index contributed by atoms with van der Waals surface area (Å²) in [6.07, 6.45) is 1.95. The topological polar surface area (TPSA) is 79.2 Å². The monoisotopic (exact) mass is 333 g/mol. The van der Waals surface area contributed by atoms with Gasteiger partial charge < -0.3 is 10.7 Å². The van der Waals surface area contributed by atoms with Gasteiger partial charge in [0.2, 0.25) is 0 Å². The summed E-state index contributed by atoms with van der Waals surface area (Å²) in [6, 6.07) is 13.1. The van der Waals surface area contributed by atoms with Crippen LogP contribution in [0, 0.1) is 0 Å². The second kappa shape index (κ2) is 5.86. The van der Waals surface area contributed by atoms with Crippen LogP contribution in [0.15, 0.2) is 48.7 Å². The number of aromatic nitrogens is 1. The third-order valence-electron chi connectivity index (χ3n) is 4.88. The first-order valence-corrected chi connectivity index (χ1v) is 8.35. The van der Waals surface area contributed by atoms with Crippen molar-refractivity contribution < 1.29 is 9.59 Å². The Hall–Kier alpha value is -2.92. The van der Waals surface area contributed by atoms with Crippen molar-refractivity contribution in [1.82, 2.24) is 9.88 Å². The van der Waals surface area contributed by atoms with E-state index in [0.29, 0.717) is 24.2 Å². The molecule has 126 valence electrons. The molecule has 0 saturated heterocycles. The molecule has 0 saturated carbocycles. The van der Waals surface area contributed by atoms with Crippen molar-refractivity contribution in [2.75, 3.05) is 6.54 Å². The molecule has 0 fully saturated rings. The number of nitrogens with zero attached hydrogens (tertiary/aromatic N) is 1. The van der Waals surface area contributed by atoms with Crippen molar-refractivity contribution >= 4 is 22.7 Å². The molecular weight excluding hydrogens is 314 g/mol. The minimum Gasteiger partial charge on any atom is -0.361 e. The highest BCUT2D eigenvalue weighted by atomic mass is 16.2. The predicted molar refractivity (Wildman–Crippen MR) is 96.4 cm³/mol. The maximum absolute atomic E-state index is 12.6. The van der Waals surface area contributed by atoms with Gasteiger partial charge in [-0.15, -0.1) is 0 Å². The Morgan fingerprint density at radius 2 is 1.76 bits per heavy atom. The van der Waals surface area contributed by atoms with Crippen LogP contribution in [0.2, 0.25) is 0 Å². The molecule has 1 unspecified atom stereocenters. The number of hydrogen-bond donors (Lipinski definition) is 2. The Balaban J connectivity index is 1.64. The number of nitrogens with one attached hydrogen (secondary N) is 1. The molecule has 25 heavy (non-hydrogen) atoms. The molecule has 1 aliphatic rings. The van der Waals surface area contributed by atoms with Gasteiger partial charge >= 0.3 is 0 Å². The van der Waals surface area contributed by atoms with E-state index in [-0.39, 0.29) is 17.7 Å². The Kier molecular flexibility index (Phi) is 3.66. The summed E-state index contributed by atoms with van der Waals surface area (Å²) in [7, 11) is 0. The summed E-state index contributed by atoms with van der Waals surface area (Å²) < 4.78 is 0. The number of fused-ring (bicyclic) bond motifs is 2. The van der Waals surface area contributed by atoms with E-state index < -0.39 is 0 Å². The zero-order chi connectivity index (χ0) is 17.6. The lowest BCUT2D eigenvalue weighted by molar-refractivity contribution is 0.0646. The number of carbonyl (C=O) groups excluding carboxylic acids is 2. The van der Waals surface area contributed by atoms with Gasteiger partial charge in [0.25, 0.3) is 11.8 Å². The van der Waals surface area contributed by atoms with Crippen LogP contribution >= 0.6 is 0 Å². The lowest BCUT2D eigenvalue weighted by Crippen LogP contribution is -2.33. The summed E-state index contributed by atoms with van der Waals surface area (Å²) in [6.45, 7) is 2.86. The highest BCUT2D eigenvalue weighted by Crippen LogP contribution is 2.30. The summed E-state index contributed by atoms with van der Waals surface area (Å²) in [5, 5.41) is 1.09. The van der Waals surface area contributed by atoms with Crippen LogP contribution in [-0.4, -0.2) is 28.2 Å². The van der Waals surface area contributed by atoms with Crippen molar-refractivity contribution in [3.8, 4) is 0 Å². The second-order valence-electron chi connectivity index (χ2n) is 6.50. The van der Waals surface area contributed by atoms with Crippen molar-refractivity contribution in [1.29, 1.82) is 0 Å². The Bertz CT molecular complexity index is 955. The zero-order valence-electron chi connectivity index (χ0n) is 14.0. The van der Waals surface area contributed by atoms with Crippen LogP contribution < -0.4 is 5.73 Å².